The van der Waals surface area contributed by atoms with Crippen LogP contribution in [0.4, 0.5) is 15.3 Å². The summed E-state index contributed by atoms with van der Waals surface area (Å²) in [5.41, 5.74) is 3.40. The molecule has 1 saturated carbocycles. The first-order valence-electron chi connectivity index (χ1n) is 23.1. The molecule has 0 unspecified atom stereocenters. The first-order valence-corrected chi connectivity index (χ1v) is 23.1. The highest BCUT2D eigenvalue weighted by molar-refractivity contribution is 6.03. The lowest BCUT2D eigenvalue weighted by molar-refractivity contribution is -0.256. The van der Waals surface area contributed by atoms with Gasteiger partial charge in [-0.2, -0.15) is 0 Å². The Hall–Kier alpha value is -6.23. The van der Waals surface area contributed by atoms with Gasteiger partial charge in [0.2, 0.25) is 12.6 Å². The number of methoxy groups -OCH3 is 2. The molecule has 67 heavy (non-hydrogen) atoms. The minimum Gasteiger partial charge on any atom is -0.497 e. The van der Waals surface area contributed by atoms with Crippen molar-refractivity contribution < 1.29 is 62.5 Å². The van der Waals surface area contributed by atoms with Crippen LogP contribution >= 0.6 is 0 Å². The second-order valence-electron chi connectivity index (χ2n) is 16.8. The Balaban J connectivity index is 1.40. The van der Waals surface area contributed by atoms with E-state index in [1.807, 2.05) is 31.2 Å². The van der Waals surface area contributed by atoms with Crippen LogP contribution in [0.25, 0.3) is 0 Å². The van der Waals surface area contributed by atoms with Crippen LogP contribution in [0.3, 0.4) is 0 Å². The van der Waals surface area contributed by atoms with Gasteiger partial charge in [-0.25, -0.2) is 9.59 Å². The van der Waals surface area contributed by atoms with Gasteiger partial charge >= 0.3 is 12.2 Å². The Kier molecular flexibility index (Phi) is 16.7. The number of allylic oxidation sites excluding steroid dienone is 1. The van der Waals surface area contributed by atoms with Crippen LogP contribution in [0.2, 0.25) is 0 Å². The summed E-state index contributed by atoms with van der Waals surface area (Å²) in [5, 5.41) is 27.5. The van der Waals surface area contributed by atoms with Crippen LogP contribution in [-0.4, -0.2) is 98.9 Å². The molecular formula is C51H63N3O13. The molecule has 6 atom stereocenters. The molecule has 3 N–H and O–H groups in total. The molecule has 3 aromatic carbocycles. The molecule has 2 aliphatic carbocycles. The van der Waals surface area contributed by atoms with E-state index in [9.17, 15) is 19.8 Å². The van der Waals surface area contributed by atoms with Gasteiger partial charge in [0.05, 0.1) is 44.8 Å². The molecule has 1 fully saturated rings. The fourth-order valence-electron chi connectivity index (χ4n) is 9.85. The number of aliphatic hydroxyl groups is 2. The lowest BCUT2D eigenvalue weighted by Gasteiger charge is -2.59. The predicted molar refractivity (Wildman–Crippen MR) is 250 cm³/mol. The average Bonchev–Trinajstić information content (AvgIpc) is 3.81. The lowest BCUT2D eigenvalue weighted by Crippen LogP contribution is -2.70. The van der Waals surface area contributed by atoms with Crippen LogP contribution in [-0.2, 0) is 20.9 Å². The summed E-state index contributed by atoms with van der Waals surface area (Å²) in [6.45, 7) is 10.4. The van der Waals surface area contributed by atoms with E-state index < -0.39 is 29.9 Å². The van der Waals surface area contributed by atoms with Crippen molar-refractivity contribution in [2.24, 2.45) is 22.9 Å². The fraction of sp³-hybridized carbons (Fsp3) is 0.471. The number of unbranched alkanes of at least 4 members (excludes halogenated alkanes) is 2. The molecule has 16 heteroatoms. The van der Waals surface area contributed by atoms with Crippen molar-refractivity contribution in [3.8, 4) is 34.5 Å². The van der Waals surface area contributed by atoms with Crippen molar-refractivity contribution in [1.29, 1.82) is 0 Å². The standard InChI is InChI=1S/C51H63N3O13/c1-6-9-25-61-50(58)54(31-33-16-20-43-45(26-33)63-32-62-43)46-30-41(53-65-8-3)38-27-34(14-10-12-22-55)37(15-11-13-23-56)47-39-28-36(18-21-42(39)67-51(46,48(38)47)64-24-7-2)66-49(57)52-40-19-17-35(59-4)29-44(40)60-5/h6-7,16-21,26-29,34,37,46-48,55-56H,1-2,8-15,22-25,30-32H2,3-5H3,(H,52,57)/t34-,37+,46-,47+,48+,51+/m0/s1. The van der Waals surface area contributed by atoms with E-state index >= 15 is 0 Å². The van der Waals surface area contributed by atoms with E-state index in [0.29, 0.717) is 72.4 Å². The number of nitrogens with one attached hydrogen (secondary N) is 1. The predicted octanol–water partition coefficient (Wildman–Crippen LogP) is 8.91. The quantitative estimate of drug-likeness (QED) is 0.0466. The molecular weight excluding hydrogens is 863 g/mol. The summed E-state index contributed by atoms with van der Waals surface area (Å²) in [5.74, 6) is 0.215. The summed E-state index contributed by atoms with van der Waals surface area (Å²) < 4.78 is 48.6. The number of anilines is 1. The highest BCUT2D eigenvalue weighted by Crippen LogP contribution is 2.62. The summed E-state index contributed by atoms with van der Waals surface area (Å²) in [4.78, 5) is 35.9. The van der Waals surface area contributed by atoms with Crippen LogP contribution < -0.4 is 33.7 Å². The number of amides is 2. The summed E-state index contributed by atoms with van der Waals surface area (Å²) >= 11 is 0. The van der Waals surface area contributed by atoms with E-state index in [1.54, 1.807) is 54.5 Å². The molecule has 7 rings (SSSR count). The Morgan fingerprint density at radius 2 is 1.70 bits per heavy atom. The number of benzene rings is 3. The number of nitrogens with zero attached hydrogens (tertiary/aromatic N) is 2. The van der Waals surface area contributed by atoms with Crippen molar-refractivity contribution in [2.45, 2.75) is 82.6 Å². The minimum atomic E-state index is -1.56. The Bertz CT molecular complexity index is 2280. The van der Waals surface area contributed by atoms with Gasteiger partial charge in [0.15, 0.2) is 11.5 Å². The maximum absolute atomic E-state index is 14.7. The van der Waals surface area contributed by atoms with Crippen molar-refractivity contribution in [2.75, 3.05) is 59.4 Å². The molecule has 0 bridgehead atoms. The number of carbonyl (C=O) groups excluding carboxylic acids is 2. The van der Waals surface area contributed by atoms with Gasteiger partial charge in [0.25, 0.3) is 0 Å². The zero-order valence-electron chi connectivity index (χ0n) is 38.6. The number of oxime groups is 1. The minimum absolute atomic E-state index is 0.0167. The van der Waals surface area contributed by atoms with Gasteiger partial charge in [0, 0.05) is 43.7 Å². The number of carbonyl (C=O) groups is 2. The van der Waals surface area contributed by atoms with Crippen LogP contribution in [0.15, 0.2) is 96.7 Å². The molecule has 0 radical (unpaired) electrons. The number of fused-ring (bicyclic) bond motifs is 3. The average molecular weight is 926 g/mol. The third kappa shape index (κ3) is 10.8. The Morgan fingerprint density at radius 1 is 0.925 bits per heavy atom. The summed E-state index contributed by atoms with van der Waals surface area (Å²) in [6, 6.07) is 15.0. The molecule has 3 aromatic rings. The SMILES string of the molecule is C=CCCOC(=O)N(Cc1ccc2c(c1)OCO2)[C@H]1CC(=NOCC)C2=C[C@H](CCCCO)[C@@H](CCCCO)[C@@H]3c4cc(OC(=O)Nc5ccc(OC)cc5OC)ccc4O[C@@]1(OCC=C)[C@H]23. The third-order valence-electron chi connectivity index (χ3n) is 12.8. The topological polar surface area (TPSA) is 185 Å². The zero-order valence-corrected chi connectivity index (χ0v) is 38.6. The fourth-order valence-corrected chi connectivity index (χ4v) is 9.85. The van der Waals surface area contributed by atoms with Crippen LogP contribution in [0.5, 0.6) is 34.5 Å². The van der Waals surface area contributed by atoms with Gasteiger partial charge in [-0.1, -0.05) is 42.3 Å². The molecule has 0 spiro atoms. The molecule has 360 valence electrons. The van der Waals surface area contributed by atoms with E-state index in [-0.39, 0.29) is 69.7 Å². The first kappa shape index (κ1) is 48.7. The molecule has 4 aliphatic rings. The normalized spacial score (nSPS) is 22.6. The van der Waals surface area contributed by atoms with E-state index in [0.717, 1.165) is 36.0 Å². The number of aliphatic hydroxyl groups excluding tert-OH is 2. The maximum atomic E-state index is 14.7. The molecule has 0 aromatic heterocycles. The van der Waals surface area contributed by atoms with E-state index in [4.69, 9.17) is 47.9 Å². The van der Waals surface area contributed by atoms with Gasteiger partial charge in [-0.3, -0.25) is 10.2 Å². The number of hydrogen-bond donors (Lipinski definition) is 3. The van der Waals surface area contributed by atoms with Crippen molar-refractivity contribution in [3.05, 3.63) is 103 Å². The zero-order chi connectivity index (χ0) is 47.3. The van der Waals surface area contributed by atoms with Crippen molar-refractivity contribution in [1.82, 2.24) is 4.90 Å². The summed E-state index contributed by atoms with van der Waals surface area (Å²) in [6.07, 6.45) is 9.04. The van der Waals surface area contributed by atoms with Gasteiger partial charge in [-0.05, 0) is 104 Å². The highest BCUT2D eigenvalue weighted by atomic mass is 16.7. The van der Waals surface area contributed by atoms with E-state index in [2.05, 4.69) is 24.6 Å². The molecule has 16 nitrogen and oxygen atoms in total. The maximum Gasteiger partial charge on any atom is 0.417 e. The van der Waals surface area contributed by atoms with Gasteiger partial charge < -0.3 is 52.9 Å². The molecule has 2 heterocycles. The van der Waals surface area contributed by atoms with Crippen LogP contribution in [0, 0.1) is 17.8 Å². The lowest BCUT2D eigenvalue weighted by atomic mass is 9.55. The van der Waals surface area contributed by atoms with Crippen molar-refractivity contribution in [3.63, 3.8) is 0 Å². The molecule has 2 amide bonds. The van der Waals surface area contributed by atoms with Gasteiger partial charge in [0.1, 0.15) is 35.6 Å². The monoisotopic (exact) mass is 925 g/mol. The number of rotatable bonds is 23. The van der Waals surface area contributed by atoms with Gasteiger partial charge in [-0.15, -0.1) is 13.2 Å². The largest absolute Gasteiger partial charge is 0.497 e. The molecule has 0 saturated heterocycles. The van der Waals surface area contributed by atoms with Crippen molar-refractivity contribution >= 4 is 23.6 Å². The highest BCUT2D eigenvalue weighted by Gasteiger charge is 2.65. The van der Waals surface area contributed by atoms with Crippen LogP contribution in [0.1, 0.15) is 75.3 Å². The second kappa shape index (κ2) is 23.0. The Morgan fingerprint density at radius 3 is 2.45 bits per heavy atom. The van der Waals surface area contributed by atoms with E-state index in [1.165, 1.54) is 7.11 Å². The Labute approximate surface area is 392 Å². The number of ether oxygens (including phenoxy) is 8. The first-order chi connectivity index (χ1) is 32.7. The number of hydrogen-bond acceptors (Lipinski definition) is 14. The third-order valence-corrected chi connectivity index (χ3v) is 12.8. The summed E-state index contributed by atoms with van der Waals surface area (Å²) in [7, 11) is 3.04. The smallest absolute Gasteiger partial charge is 0.417 e. The second-order valence-corrected chi connectivity index (χ2v) is 16.8. The molecule has 2 aliphatic heterocycles.